The fraction of sp³-hybridized carbons (Fsp3) is 0.556. The van der Waals surface area contributed by atoms with Crippen LogP contribution in [0.25, 0.3) is 0 Å². The van der Waals surface area contributed by atoms with Crippen LogP contribution in [-0.4, -0.2) is 47.7 Å². The van der Waals surface area contributed by atoms with E-state index in [0.29, 0.717) is 17.9 Å². The summed E-state index contributed by atoms with van der Waals surface area (Å²) < 4.78 is 4.63. The average molecular weight is 356 g/mol. The number of hydrogen-bond acceptors (Lipinski definition) is 4. The molecule has 0 aromatic heterocycles. The lowest BCUT2D eigenvalue weighted by Gasteiger charge is -2.37. The van der Waals surface area contributed by atoms with Crippen molar-refractivity contribution in [1.29, 1.82) is 0 Å². The van der Waals surface area contributed by atoms with Crippen LogP contribution in [-0.2, 0) is 20.7 Å². The molecule has 1 amide bonds. The van der Waals surface area contributed by atoms with Crippen molar-refractivity contribution >= 4 is 23.5 Å². The molecule has 0 atom stereocenters. The predicted molar refractivity (Wildman–Crippen MR) is 93.9 cm³/mol. The number of benzene rings is 1. The van der Waals surface area contributed by atoms with Gasteiger partial charge in [-0.3, -0.25) is 9.59 Å². The van der Waals surface area contributed by atoms with Gasteiger partial charge in [-0.25, -0.2) is 0 Å². The number of amides is 1. The summed E-state index contributed by atoms with van der Waals surface area (Å²) in [4.78, 5) is 25.4. The van der Waals surface area contributed by atoms with Crippen LogP contribution in [0.4, 0.5) is 0 Å². The van der Waals surface area contributed by atoms with Gasteiger partial charge in [0, 0.05) is 18.0 Å². The van der Waals surface area contributed by atoms with Crippen molar-refractivity contribution in [2.24, 2.45) is 0 Å². The molecular formula is C18H26ClNO4. The van der Waals surface area contributed by atoms with E-state index in [9.17, 15) is 14.7 Å². The number of esters is 1. The van der Waals surface area contributed by atoms with Gasteiger partial charge in [-0.1, -0.05) is 23.7 Å². The molecule has 0 aliphatic rings. The zero-order valence-electron chi connectivity index (χ0n) is 14.5. The standard InChI is InChI=1S/C18H26ClNO4/c1-18(2,13-21)20(12-11-17(23)24-3)16(22)6-4-5-14-7-9-15(19)10-8-14/h7-10,21H,4-6,11-13H2,1-3H3. The molecule has 1 rings (SSSR count). The van der Waals surface area contributed by atoms with Gasteiger partial charge in [0.25, 0.3) is 0 Å². The monoisotopic (exact) mass is 355 g/mol. The van der Waals surface area contributed by atoms with Crippen LogP contribution in [0, 0.1) is 0 Å². The first-order chi connectivity index (χ1) is 11.3. The van der Waals surface area contributed by atoms with Gasteiger partial charge in [-0.05, 0) is 44.4 Å². The highest BCUT2D eigenvalue weighted by Crippen LogP contribution is 2.18. The van der Waals surface area contributed by atoms with E-state index in [1.54, 1.807) is 18.7 Å². The van der Waals surface area contributed by atoms with Crippen LogP contribution in [0.1, 0.15) is 38.7 Å². The minimum atomic E-state index is -0.717. The van der Waals surface area contributed by atoms with E-state index >= 15 is 0 Å². The fourth-order valence-electron chi connectivity index (χ4n) is 2.39. The van der Waals surface area contributed by atoms with Crippen molar-refractivity contribution in [1.82, 2.24) is 4.90 Å². The molecule has 0 saturated heterocycles. The summed E-state index contributed by atoms with van der Waals surface area (Å²) in [6, 6.07) is 7.55. The van der Waals surface area contributed by atoms with Crippen molar-refractivity contribution < 1.29 is 19.4 Å². The smallest absolute Gasteiger partial charge is 0.307 e. The Balaban J connectivity index is 2.59. The lowest BCUT2D eigenvalue weighted by Crippen LogP contribution is -2.51. The quantitative estimate of drug-likeness (QED) is 0.692. The zero-order chi connectivity index (χ0) is 18.2. The average Bonchev–Trinajstić information content (AvgIpc) is 2.56. The van der Waals surface area contributed by atoms with Crippen molar-refractivity contribution in [3.8, 4) is 0 Å². The molecule has 1 aromatic rings. The molecule has 0 saturated carbocycles. The lowest BCUT2D eigenvalue weighted by molar-refractivity contribution is -0.144. The van der Waals surface area contributed by atoms with Crippen LogP contribution >= 0.6 is 11.6 Å². The van der Waals surface area contributed by atoms with Crippen molar-refractivity contribution in [2.45, 2.75) is 45.1 Å². The summed E-state index contributed by atoms with van der Waals surface area (Å²) in [7, 11) is 1.32. The minimum absolute atomic E-state index is 0.0769. The van der Waals surface area contributed by atoms with Crippen LogP contribution in [0.15, 0.2) is 24.3 Å². The number of halogens is 1. The first-order valence-corrected chi connectivity index (χ1v) is 8.40. The molecule has 0 aliphatic carbocycles. The molecule has 0 fully saturated rings. The molecule has 5 nitrogen and oxygen atoms in total. The molecule has 1 N–H and O–H groups in total. The number of aliphatic hydroxyl groups is 1. The fourth-order valence-corrected chi connectivity index (χ4v) is 2.51. The SMILES string of the molecule is COC(=O)CCN(C(=O)CCCc1ccc(Cl)cc1)C(C)(C)CO. The Bertz CT molecular complexity index is 542. The third-order valence-electron chi connectivity index (χ3n) is 3.96. The van der Waals surface area contributed by atoms with E-state index in [-0.39, 0.29) is 31.4 Å². The van der Waals surface area contributed by atoms with Crippen molar-refractivity contribution in [3.63, 3.8) is 0 Å². The molecule has 134 valence electrons. The Hall–Kier alpha value is -1.59. The van der Waals surface area contributed by atoms with E-state index < -0.39 is 5.54 Å². The van der Waals surface area contributed by atoms with Crippen LogP contribution in [0.3, 0.4) is 0 Å². The maximum Gasteiger partial charge on any atom is 0.307 e. The third-order valence-corrected chi connectivity index (χ3v) is 4.21. The molecule has 0 radical (unpaired) electrons. The Labute approximate surface area is 148 Å². The maximum absolute atomic E-state index is 12.5. The first kappa shape index (κ1) is 20.5. The molecule has 0 unspecified atom stereocenters. The van der Waals surface area contributed by atoms with Gasteiger partial charge in [0.1, 0.15) is 0 Å². The van der Waals surface area contributed by atoms with Crippen molar-refractivity contribution in [3.05, 3.63) is 34.9 Å². The minimum Gasteiger partial charge on any atom is -0.469 e. The normalized spacial score (nSPS) is 11.2. The van der Waals surface area contributed by atoms with Gasteiger partial charge >= 0.3 is 5.97 Å². The van der Waals surface area contributed by atoms with Crippen LogP contribution in [0.5, 0.6) is 0 Å². The molecule has 0 heterocycles. The molecule has 0 spiro atoms. The van der Waals surface area contributed by atoms with Gasteiger partial charge < -0.3 is 14.7 Å². The summed E-state index contributed by atoms with van der Waals surface area (Å²) in [6.45, 7) is 3.62. The maximum atomic E-state index is 12.5. The second kappa shape index (κ2) is 9.64. The van der Waals surface area contributed by atoms with Crippen LogP contribution < -0.4 is 0 Å². The molecule has 0 aliphatic heterocycles. The van der Waals surface area contributed by atoms with Gasteiger partial charge in [0.15, 0.2) is 0 Å². The topological polar surface area (TPSA) is 66.8 Å². The van der Waals surface area contributed by atoms with E-state index in [4.69, 9.17) is 11.6 Å². The first-order valence-electron chi connectivity index (χ1n) is 8.02. The molecular weight excluding hydrogens is 330 g/mol. The Kier molecular flexibility index (Phi) is 8.22. The van der Waals surface area contributed by atoms with E-state index in [0.717, 1.165) is 12.0 Å². The van der Waals surface area contributed by atoms with Crippen LogP contribution in [0.2, 0.25) is 5.02 Å². The van der Waals surface area contributed by atoms with Gasteiger partial charge in [-0.15, -0.1) is 0 Å². The predicted octanol–water partition coefficient (Wildman–Crippen LogP) is 2.83. The molecule has 6 heteroatoms. The number of hydrogen-bond donors (Lipinski definition) is 1. The third kappa shape index (κ3) is 6.49. The van der Waals surface area contributed by atoms with E-state index in [1.807, 2.05) is 24.3 Å². The number of nitrogens with zero attached hydrogens (tertiary/aromatic N) is 1. The Morgan fingerprint density at radius 3 is 2.38 bits per heavy atom. The highest BCUT2D eigenvalue weighted by atomic mass is 35.5. The number of aliphatic hydroxyl groups excluding tert-OH is 1. The summed E-state index contributed by atoms with van der Waals surface area (Å²) in [5.41, 5.74) is 0.403. The Morgan fingerprint density at radius 2 is 1.83 bits per heavy atom. The zero-order valence-corrected chi connectivity index (χ0v) is 15.3. The summed E-state index contributed by atoms with van der Waals surface area (Å²) in [6.07, 6.45) is 1.93. The number of carbonyl (C=O) groups excluding carboxylic acids is 2. The molecule has 0 bridgehead atoms. The second-order valence-electron chi connectivity index (χ2n) is 6.32. The lowest BCUT2D eigenvalue weighted by atomic mass is 10.0. The van der Waals surface area contributed by atoms with Gasteiger partial charge in [0.05, 0.1) is 25.7 Å². The van der Waals surface area contributed by atoms with Gasteiger partial charge in [0.2, 0.25) is 5.91 Å². The number of rotatable bonds is 9. The summed E-state index contributed by atoms with van der Waals surface area (Å²) in [5, 5.41) is 10.2. The van der Waals surface area contributed by atoms with Gasteiger partial charge in [-0.2, -0.15) is 0 Å². The summed E-state index contributed by atoms with van der Waals surface area (Å²) >= 11 is 5.85. The number of methoxy groups -OCH3 is 1. The highest BCUT2D eigenvalue weighted by Gasteiger charge is 2.30. The Morgan fingerprint density at radius 1 is 1.21 bits per heavy atom. The largest absolute Gasteiger partial charge is 0.469 e. The van der Waals surface area contributed by atoms with Crippen molar-refractivity contribution in [2.75, 3.05) is 20.3 Å². The van der Waals surface area contributed by atoms with E-state index in [1.165, 1.54) is 7.11 Å². The highest BCUT2D eigenvalue weighted by molar-refractivity contribution is 6.30. The second-order valence-corrected chi connectivity index (χ2v) is 6.76. The molecule has 24 heavy (non-hydrogen) atoms. The summed E-state index contributed by atoms with van der Waals surface area (Å²) in [5.74, 6) is -0.449. The number of ether oxygens (including phenoxy) is 1. The molecule has 1 aromatic carbocycles. The van der Waals surface area contributed by atoms with E-state index in [2.05, 4.69) is 4.74 Å². The number of aryl methyl sites for hydroxylation is 1. The number of carbonyl (C=O) groups is 2.